The summed E-state index contributed by atoms with van der Waals surface area (Å²) in [4.78, 5) is 18.4. The van der Waals surface area contributed by atoms with Crippen molar-refractivity contribution in [3.8, 4) is 0 Å². The quantitative estimate of drug-likeness (QED) is 0.800. The molecular weight excluding hydrogens is 283 g/mol. The van der Waals surface area contributed by atoms with Crippen LogP contribution in [-0.4, -0.2) is 37.3 Å². The van der Waals surface area contributed by atoms with Crippen LogP contribution in [0.15, 0.2) is 30.5 Å². The zero-order chi connectivity index (χ0) is 15.3. The van der Waals surface area contributed by atoms with E-state index in [0.717, 1.165) is 29.7 Å². The zero-order valence-corrected chi connectivity index (χ0v) is 12.4. The maximum Gasteiger partial charge on any atom is 0.338 e. The summed E-state index contributed by atoms with van der Waals surface area (Å²) in [6, 6.07) is 7.58. The highest BCUT2D eigenvalue weighted by molar-refractivity contribution is 6.04. The zero-order valence-electron chi connectivity index (χ0n) is 12.4. The molecule has 2 fully saturated rings. The topological polar surface area (TPSA) is 42.4 Å². The number of esters is 1. The van der Waals surface area contributed by atoms with Gasteiger partial charge in [-0.1, -0.05) is 0 Å². The largest absolute Gasteiger partial charge is 0.465 e. The van der Waals surface area contributed by atoms with Crippen molar-refractivity contribution in [2.75, 3.05) is 25.1 Å². The first-order valence-electron chi connectivity index (χ1n) is 7.46. The van der Waals surface area contributed by atoms with Gasteiger partial charge in [0.1, 0.15) is 6.17 Å². The summed E-state index contributed by atoms with van der Waals surface area (Å²) in [6.45, 7) is 1.79. The molecule has 0 N–H and O–H groups in total. The fourth-order valence-electron chi connectivity index (χ4n) is 3.70. The monoisotopic (exact) mass is 300 g/mol. The van der Waals surface area contributed by atoms with Gasteiger partial charge in [-0.3, -0.25) is 4.98 Å². The van der Waals surface area contributed by atoms with Gasteiger partial charge >= 0.3 is 5.97 Å². The van der Waals surface area contributed by atoms with Gasteiger partial charge in [0.25, 0.3) is 0 Å². The smallest absolute Gasteiger partial charge is 0.338 e. The highest BCUT2D eigenvalue weighted by Crippen LogP contribution is 2.51. The van der Waals surface area contributed by atoms with Crippen molar-refractivity contribution in [1.29, 1.82) is 0 Å². The van der Waals surface area contributed by atoms with Crippen LogP contribution in [0.2, 0.25) is 0 Å². The van der Waals surface area contributed by atoms with E-state index in [4.69, 9.17) is 4.74 Å². The number of ether oxygens (including phenoxy) is 1. The Morgan fingerprint density at radius 3 is 2.82 bits per heavy atom. The first-order chi connectivity index (χ1) is 10.6. The molecule has 114 valence electrons. The molecule has 5 heteroatoms. The predicted octanol–water partition coefficient (Wildman–Crippen LogP) is 2.96. The van der Waals surface area contributed by atoms with E-state index >= 15 is 0 Å². The fourth-order valence-corrected chi connectivity index (χ4v) is 3.70. The molecule has 1 saturated heterocycles. The molecule has 0 unspecified atom stereocenters. The number of methoxy groups -OCH3 is 1. The molecule has 4 rings (SSSR count). The number of halogens is 1. The van der Waals surface area contributed by atoms with Crippen molar-refractivity contribution in [3.63, 3.8) is 0 Å². The van der Waals surface area contributed by atoms with Crippen molar-refractivity contribution < 1.29 is 13.9 Å². The molecule has 2 aliphatic rings. The molecule has 1 aromatic carbocycles. The molecule has 1 aromatic heterocycles. The highest BCUT2D eigenvalue weighted by Gasteiger charge is 2.52. The number of anilines is 1. The SMILES string of the molecule is COC(=O)c1ccnc2ccc(N3CC4(CC(F)C4)C3)cc12. The molecule has 1 aliphatic carbocycles. The van der Waals surface area contributed by atoms with Crippen LogP contribution in [-0.2, 0) is 4.74 Å². The minimum Gasteiger partial charge on any atom is -0.465 e. The molecule has 2 heterocycles. The van der Waals surface area contributed by atoms with Crippen molar-refractivity contribution in [3.05, 3.63) is 36.0 Å². The Morgan fingerprint density at radius 1 is 1.36 bits per heavy atom. The minimum absolute atomic E-state index is 0.189. The van der Waals surface area contributed by atoms with Crippen LogP contribution >= 0.6 is 0 Å². The Morgan fingerprint density at radius 2 is 2.14 bits per heavy atom. The lowest BCUT2D eigenvalue weighted by Crippen LogP contribution is -2.63. The molecule has 2 aromatic rings. The second-order valence-electron chi connectivity index (χ2n) is 6.41. The number of alkyl halides is 1. The van der Waals surface area contributed by atoms with Gasteiger partial charge in [-0.2, -0.15) is 0 Å². The Hall–Kier alpha value is -2.17. The Bertz CT molecular complexity index is 747. The maximum atomic E-state index is 13.1. The molecule has 22 heavy (non-hydrogen) atoms. The summed E-state index contributed by atoms with van der Waals surface area (Å²) < 4.78 is 17.9. The lowest BCUT2D eigenvalue weighted by atomic mass is 9.62. The Kier molecular flexibility index (Phi) is 2.86. The summed E-state index contributed by atoms with van der Waals surface area (Å²) in [5.41, 5.74) is 2.54. The van der Waals surface area contributed by atoms with E-state index in [-0.39, 0.29) is 11.4 Å². The van der Waals surface area contributed by atoms with Crippen LogP contribution in [0.25, 0.3) is 10.9 Å². The van der Waals surface area contributed by atoms with E-state index in [1.54, 1.807) is 12.3 Å². The van der Waals surface area contributed by atoms with Gasteiger partial charge in [0.15, 0.2) is 0 Å². The van der Waals surface area contributed by atoms with Crippen LogP contribution in [0.4, 0.5) is 10.1 Å². The number of aromatic nitrogens is 1. The van der Waals surface area contributed by atoms with E-state index in [0.29, 0.717) is 18.4 Å². The standard InChI is InChI=1S/C17H17FN2O2/c1-22-16(21)13-4-5-19-15-3-2-12(6-14(13)15)20-9-17(10-20)7-11(18)8-17/h2-6,11H,7-10H2,1H3. The van der Waals surface area contributed by atoms with E-state index in [1.165, 1.54) is 7.11 Å². The van der Waals surface area contributed by atoms with Gasteiger partial charge in [0.2, 0.25) is 0 Å². The number of fused-ring (bicyclic) bond motifs is 1. The minimum atomic E-state index is -0.617. The molecule has 0 atom stereocenters. The van der Waals surface area contributed by atoms with E-state index in [9.17, 15) is 9.18 Å². The third-order valence-electron chi connectivity index (χ3n) is 4.86. The molecule has 1 saturated carbocycles. The number of rotatable bonds is 2. The third kappa shape index (κ3) is 1.95. The normalized spacial score (nSPS) is 19.8. The Balaban J connectivity index is 1.65. The Labute approximate surface area is 127 Å². The van der Waals surface area contributed by atoms with Crippen molar-refractivity contribution >= 4 is 22.6 Å². The third-order valence-corrected chi connectivity index (χ3v) is 4.86. The van der Waals surface area contributed by atoms with Crippen molar-refractivity contribution in [2.45, 2.75) is 19.0 Å². The van der Waals surface area contributed by atoms with Gasteiger partial charge in [-0.05, 0) is 37.1 Å². The average Bonchev–Trinajstić information content (AvgIpc) is 2.47. The first kappa shape index (κ1) is 13.5. The average molecular weight is 300 g/mol. The van der Waals surface area contributed by atoms with E-state index in [2.05, 4.69) is 9.88 Å². The lowest BCUT2D eigenvalue weighted by molar-refractivity contribution is 0.000864. The summed E-state index contributed by atoms with van der Waals surface area (Å²) in [5.74, 6) is -0.358. The second-order valence-corrected chi connectivity index (χ2v) is 6.41. The molecule has 0 radical (unpaired) electrons. The van der Waals surface area contributed by atoms with Gasteiger partial charge in [-0.25, -0.2) is 9.18 Å². The molecule has 1 aliphatic heterocycles. The number of pyridine rings is 1. The second kappa shape index (κ2) is 4.66. The highest BCUT2D eigenvalue weighted by atomic mass is 19.1. The number of nitrogens with zero attached hydrogens (tertiary/aromatic N) is 2. The van der Waals surface area contributed by atoms with Crippen LogP contribution < -0.4 is 4.90 Å². The number of carbonyl (C=O) groups excluding carboxylic acids is 1. The number of hydrogen-bond donors (Lipinski definition) is 0. The van der Waals surface area contributed by atoms with Crippen LogP contribution in [0.3, 0.4) is 0 Å². The summed E-state index contributed by atoms with van der Waals surface area (Å²) in [7, 11) is 1.38. The van der Waals surface area contributed by atoms with E-state index < -0.39 is 6.17 Å². The lowest BCUT2D eigenvalue weighted by Gasteiger charge is -2.58. The maximum absolute atomic E-state index is 13.1. The molecule has 1 spiro atoms. The molecule has 0 bridgehead atoms. The first-order valence-corrected chi connectivity index (χ1v) is 7.46. The number of carbonyl (C=O) groups is 1. The van der Waals surface area contributed by atoms with Gasteiger partial charge in [0.05, 0.1) is 18.2 Å². The van der Waals surface area contributed by atoms with E-state index in [1.807, 2.05) is 18.2 Å². The van der Waals surface area contributed by atoms with Gasteiger partial charge in [-0.15, -0.1) is 0 Å². The van der Waals surface area contributed by atoms with Crippen LogP contribution in [0, 0.1) is 5.41 Å². The molecule has 0 amide bonds. The summed E-state index contributed by atoms with van der Waals surface area (Å²) >= 11 is 0. The predicted molar refractivity (Wildman–Crippen MR) is 81.9 cm³/mol. The van der Waals surface area contributed by atoms with Crippen molar-refractivity contribution in [1.82, 2.24) is 4.98 Å². The fraction of sp³-hybridized carbons (Fsp3) is 0.412. The van der Waals surface area contributed by atoms with Crippen LogP contribution in [0.1, 0.15) is 23.2 Å². The number of hydrogen-bond acceptors (Lipinski definition) is 4. The summed E-state index contributed by atoms with van der Waals surface area (Å²) in [5, 5.41) is 0.796. The summed E-state index contributed by atoms with van der Waals surface area (Å²) in [6.07, 6.45) is 2.37. The molecule has 4 nitrogen and oxygen atoms in total. The van der Waals surface area contributed by atoms with Gasteiger partial charge in [0, 0.05) is 35.8 Å². The molecular formula is C17H17FN2O2. The number of benzene rings is 1. The van der Waals surface area contributed by atoms with Crippen LogP contribution in [0.5, 0.6) is 0 Å². The van der Waals surface area contributed by atoms with Gasteiger partial charge < -0.3 is 9.64 Å². The van der Waals surface area contributed by atoms with Crippen molar-refractivity contribution in [2.24, 2.45) is 5.41 Å².